The van der Waals surface area contributed by atoms with Crippen LogP contribution in [0.1, 0.15) is 52.1 Å². The lowest BCUT2D eigenvalue weighted by atomic mass is 9.98. The van der Waals surface area contributed by atoms with Crippen LogP contribution in [0.25, 0.3) is 0 Å². The molecular weight excluding hydrogens is 236 g/mol. The summed E-state index contributed by atoms with van der Waals surface area (Å²) >= 11 is 0. The Balaban J connectivity index is 2.30. The second-order valence-electron chi connectivity index (χ2n) is 6.43. The molecule has 1 saturated heterocycles. The molecule has 106 valence electrons. The summed E-state index contributed by atoms with van der Waals surface area (Å²) in [6.45, 7) is 9.73. The Morgan fingerprint density at radius 1 is 1.32 bits per heavy atom. The largest absolute Gasteiger partial charge is 0.374 e. The van der Waals surface area contributed by atoms with Gasteiger partial charge in [0.05, 0.1) is 0 Å². The molecule has 0 radical (unpaired) electrons. The van der Waals surface area contributed by atoms with E-state index in [-0.39, 0.29) is 5.54 Å². The highest BCUT2D eigenvalue weighted by atomic mass is 16.3. The predicted molar refractivity (Wildman–Crippen MR) is 80.2 cm³/mol. The van der Waals surface area contributed by atoms with Crippen LogP contribution in [0.2, 0.25) is 0 Å². The van der Waals surface area contributed by atoms with Crippen molar-refractivity contribution in [3.8, 4) is 0 Å². The van der Waals surface area contributed by atoms with Crippen LogP contribution in [0.15, 0.2) is 24.3 Å². The fourth-order valence-corrected chi connectivity index (χ4v) is 3.04. The molecule has 0 saturated carbocycles. The van der Waals surface area contributed by atoms with E-state index in [0.29, 0.717) is 6.04 Å². The molecule has 0 aromatic heterocycles. The van der Waals surface area contributed by atoms with Crippen molar-refractivity contribution in [2.75, 3.05) is 11.9 Å². The van der Waals surface area contributed by atoms with Gasteiger partial charge in [-0.15, -0.1) is 0 Å². The number of aliphatic hydroxyl groups excluding tert-OH is 1. The van der Waals surface area contributed by atoms with Gasteiger partial charge < -0.3 is 10.4 Å². The molecule has 0 aliphatic carbocycles. The fraction of sp³-hybridized carbons (Fsp3) is 0.625. The number of hydrogen-bond acceptors (Lipinski definition) is 3. The van der Waals surface area contributed by atoms with Crippen molar-refractivity contribution >= 4 is 5.69 Å². The van der Waals surface area contributed by atoms with Crippen molar-refractivity contribution in [1.82, 2.24) is 4.90 Å². The van der Waals surface area contributed by atoms with E-state index in [1.54, 1.807) is 6.92 Å². The summed E-state index contributed by atoms with van der Waals surface area (Å²) in [7, 11) is 0. The lowest BCUT2D eigenvalue weighted by molar-refractivity contribution is 0.122. The molecule has 1 aromatic carbocycles. The zero-order valence-corrected chi connectivity index (χ0v) is 12.5. The molecule has 2 unspecified atom stereocenters. The van der Waals surface area contributed by atoms with Gasteiger partial charge in [-0.05, 0) is 58.7 Å². The standard InChI is InChI=1S/C16H26N2O/c1-12(19)17-14-9-6-5-8-13(14)15-10-7-11-18(15)16(2,3)4/h5-6,8-9,12,15,17,19H,7,10-11H2,1-4H3. The Bertz CT molecular complexity index is 423. The van der Waals surface area contributed by atoms with E-state index in [0.717, 1.165) is 12.2 Å². The maximum atomic E-state index is 9.57. The molecule has 1 aliphatic heterocycles. The molecular formula is C16H26N2O. The average Bonchev–Trinajstić information content (AvgIpc) is 2.77. The molecule has 0 bridgehead atoms. The second-order valence-corrected chi connectivity index (χ2v) is 6.43. The van der Waals surface area contributed by atoms with E-state index in [2.05, 4.69) is 49.2 Å². The molecule has 1 fully saturated rings. The Morgan fingerprint density at radius 2 is 2.00 bits per heavy atom. The highest BCUT2D eigenvalue weighted by molar-refractivity contribution is 5.53. The molecule has 1 aromatic rings. The molecule has 0 amide bonds. The minimum Gasteiger partial charge on any atom is -0.374 e. The molecule has 3 heteroatoms. The normalized spacial score (nSPS) is 22.5. The summed E-state index contributed by atoms with van der Waals surface area (Å²) in [6, 6.07) is 8.79. The number of anilines is 1. The smallest absolute Gasteiger partial charge is 0.121 e. The maximum absolute atomic E-state index is 9.57. The third-order valence-electron chi connectivity index (χ3n) is 3.80. The SMILES string of the molecule is CC(O)Nc1ccccc1C1CCCN1C(C)(C)C. The maximum Gasteiger partial charge on any atom is 0.121 e. The van der Waals surface area contributed by atoms with Crippen molar-refractivity contribution in [2.24, 2.45) is 0 Å². The Morgan fingerprint density at radius 3 is 2.63 bits per heavy atom. The Hall–Kier alpha value is -1.06. The third kappa shape index (κ3) is 3.28. The van der Waals surface area contributed by atoms with Crippen LogP contribution in [0.4, 0.5) is 5.69 Å². The summed E-state index contributed by atoms with van der Waals surface area (Å²) in [5, 5.41) is 12.7. The summed E-state index contributed by atoms with van der Waals surface area (Å²) in [5.74, 6) is 0. The first-order chi connectivity index (χ1) is 8.89. The zero-order chi connectivity index (χ0) is 14.0. The van der Waals surface area contributed by atoms with E-state index in [1.165, 1.54) is 18.4 Å². The zero-order valence-electron chi connectivity index (χ0n) is 12.5. The van der Waals surface area contributed by atoms with Gasteiger partial charge in [-0.1, -0.05) is 18.2 Å². The first-order valence-electron chi connectivity index (χ1n) is 7.20. The van der Waals surface area contributed by atoms with Crippen molar-refractivity contribution < 1.29 is 5.11 Å². The quantitative estimate of drug-likeness (QED) is 0.820. The molecule has 19 heavy (non-hydrogen) atoms. The lowest BCUT2D eigenvalue weighted by Gasteiger charge is -2.38. The van der Waals surface area contributed by atoms with Crippen LogP contribution >= 0.6 is 0 Å². The number of para-hydroxylation sites is 1. The predicted octanol–water partition coefficient (Wildman–Crippen LogP) is 3.37. The van der Waals surface area contributed by atoms with Crippen molar-refractivity contribution in [2.45, 2.75) is 58.3 Å². The number of hydrogen-bond donors (Lipinski definition) is 2. The van der Waals surface area contributed by atoms with Gasteiger partial charge in [0.25, 0.3) is 0 Å². The number of nitrogens with zero attached hydrogens (tertiary/aromatic N) is 1. The molecule has 0 spiro atoms. The topological polar surface area (TPSA) is 35.5 Å². The molecule has 2 rings (SSSR count). The first kappa shape index (κ1) is 14.4. The Kier molecular flexibility index (Phi) is 4.16. The summed E-state index contributed by atoms with van der Waals surface area (Å²) in [6.07, 6.45) is 1.91. The van der Waals surface area contributed by atoms with Gasteiger partial charge in [0, 0.05) is 17.3 Å². The Labute approximate surface area is 116 Å². The van der Waals surface area contributed by atoms with Gasteiger partial charge in [-0.3, -0.25) is 4.90 Å². The minimum absolute atomic E-state index is 0.180. The lowest BCUT2D eigenvalue weighted by Crippen LogP contribution is -2.40. The molecule has 1 aliphatic rings. The number of benzene rings is 1. The fourth-order valence-electron chi connectivity index (χ4n) is 3.04. The third-order valence-corrected chi connectivity index (χ3v) is 3.80. The van der Waals surface area contributed by atoms with Crippen molar-refractivity contribution in [1.29, 1.82) is 0 Å². The molecule has 2 N–H and O–H groups in total. The van der Waals surface area contributed by atoms with Crippen LogP contribution in [0.5, 0.6) is 0 Å². The first-order valence-corrected chi connectivity index (χ1v) is 7.20. The van der Waals surface area contributed by atoms with Gasteiger partial charge in [-0.2, -0.15) is 0 Å². The number of likely N-dealkylation sites (tertiary alicyclic amines) is 1. The van der Waals surface area contributed by atoms with E-state index in [9.17, 15) is 5.11 Å². The average molecular weight is 262 g/mol. The number of rotatable bonds is 3. The van der Waals surface area contributed by atoms with Crippen LogP contribution in [0, 0.1) is 0 Å². The monoisotopic (exact) mass is 262 g/mol. The molecule has 1 heterocycles. The number of aliphatic hydroxyl groups is 1. The van der Waals surface area contributed by atoms with Crippen LogP contribution in [-0.4, -0.2) is 28.3 Å². The second kappa shape index (κ2) is 5.51. The van der Waals surface area contributed by atoms with E-state index in [1.807, 2.05) is 6.07 Å². The number of nitrogens with one attached hydrogen (secondary N) is 1. The highest BCUT2D eigenvalue weighted by Gasteiger charge is 2.34. The van der Waals surface area contributed by atoms with Gasteiger partial charge in [-0.25, -0.2) is 0 Å². The van der Waals surface area contributed by atoms with Crippen molar-refractivity contribution in [3.63, 3.8) is 0 Å². The summed E-state index contributed by atoms with van der Waals surface area (Å²) in [4.78, 5) is 2.57. The molecule has 3 nitrogen and oxygen atoms in total. The van der Waals surface area contributed by atoms with Gasteiger partial charge in [0.1, 0.15) is 6.23 Å². The van der Waals surface area contributed by atoms with Crippen LogP contribution < -0.4 is 5.32 Å². The highest BCUT2D eigenvalue weighted by Crippen LogP contribution is 2.40. The minimum atomic E-state index is -0.523. The summed E-state index contributed by atoms with van der Waals surface area (Å²) in [5.41, 5.74) is 2.54. The van der Waals surface area contributed by atoms with Crippen LogP contribution in [-0.2, 0) is 0 Å². The van der Waals surface area contributed by atoms with Gasteiger partial charge in [0.2, 0.25) is 0 Å². The van der Waals surface area contributed by atoms with Crippen LogP contribution in [0.3, 0.4) is 0 Å². The van der Waals surface area contributed by atoms with E-state index >= 15 is 0 Å². The van der Waals surface area contributed by atoms with E-state index in [4.69, 9.17) is 0 Å². The van der Waals surface area contributed by atoms with Crippen molar-refractivity contribution in [3.05, 3.63) is 29.8 Å². The van der Waals surface area contributed by atoms with E-state index < -0.39 is 6.23 Å². The van der Waals surface area contributed by atoms with Gasteiger partial charge in [0.15, 0.2) is 0 Å². The summed E-state index contributed by atoms with van der Waals surface area (Å²) < 4.78 is 0. The molecule has 2 atom stereocenters. The van der Waals surface area contributed by atoms with Gasteiger partial charge >= 0.3 is 0 Å².